The van der Waals surface area contributed by atoms with Crippen LogP contribution >= 0.6 is 0 Å². The average molecular weight is 181 g/mol. The minimum Gasteiger partial charge on any atom is -0.296 e. The summed E-state index contributed by atoms with van der Waals surface area (Å²) in [6.07, 6.45) is 3.79. The zero-order valence-electron chi connectivity index (χ0n) is 7.40. The van der Waals surface area contributed by atoms with Crippen LogP contribution in [0.2, 0.25) is 0 Å². The molecule has 0 N–H and O–H groups in total. The summed E-state index contributed by atoms with van der Waals surface area (Å²) in [5.74, 6) is -0.219. The van der Waals surface area contributed by atoms with Crippen molar-refractivity contribution in [1.29, 1.82) is 0 Å². The van der Waals surface area contributed by atoms with Crippen molar-refractivity contribution in [2.75, 3.05) is 6.61 Å². The SMILES string of the molecule is CCON1C(=O)CC2C=CC1C2=O. The molecule has 1 fully saturated rings. The van der Waals surface area contributed by atoms with Gasteiger partial charge >= 0.3 is 0 Å². The number of fused-ring (bicyclic) bond motifs is 2. The van der Waals surface area contributed by atoms with Crippen LogP contribution in [0.4, 0.5) is 0 Å². The van der Waals surface area contributed by atoms with Crippen LogP contribution in [0.3, 0.4) is 0 Å². The topological polar surface area (TPSA) is 46.6 Å². The van der Waals surface area contributed by atoms with Crippen LogP contribution < -0.4 is 0 Å². The number of carbonyl (C=O) groups is 2. The highest BCUT2D eigenvalue weighted by molar-refractivity contribution is 6.01. The number of nitrogens with zero attached hydrogens (tertiary/aromatic N) is 1. The second-order valence-corrected chi connectivity index (χ2v) is 3.18. The van der Waals surface area contributed by atoms with Crippen LogP contribution in [0, 0.1) is 5.92 Å². The summed E-state index contributed by atoms with van der Waals surface area (Å²) in [6, 6.07) is -0.466. The minimum absolute atomic E-state index is 0.0769. The van der Waals surface area contributed by atoms with Gasteiger partial charge in [-0.25, -0.2) is 5.06 Å². The highest BCUT2D eigenvalue weighted by Gasteiger charge is 2.43. The maximum Gasteiger partial charge on any atom is 0.248 e. The van der Waals surface area contributed by atoms with Crippen molar-refractivity contribution in [2.24, 2.45) is 5.92 Å². The smallest absolute Gasteiger partial charge is 0.248 e. The predicted molar refractivity (Wildman–Crippen MR) is 44.5 cm³/mol. The lowest BCUT2D eigenvalue weighted by Crippen LogP contribution is -2.48. The fourth-order valence-electron chi connectivity index (χ4n) is 1.74. The Morgan fingerprint density at radius 2 is 2.31 bits per heavy atom. The first kappa shape index (κ1) is 8.44. The van der Waals surface area contributed by atoms with Gasteiger partial charge in [-0.15, -0.1) is 0 Å². The molecular formula is C9H11NO3. The average Bonchev–Trinajstić information content (AvgIpc) is 2.34. The number of piperidine rings is 1. The van der Waals surface area contributed by atoms with Gasteiger partial charge in [0.1, 0.15) is 6.04 Å². The lowest BCUT2D eigenvalue weighted by molar-refractivity contribution is -0.200. The molecule has 13 heavy (non-hydrogen) atoms. The van der Waals surface area contributed by atoms with Crippen molar-refractivity contribution in [2.45, 2.75) is 19.4 Å². The molecule has 2 aliphatic rings. The van der Waals surface area contributed by atoms with Crippen molar-refractivity contribution < 1.29 is 14.4 Å². The first-order valence-electron chi connectivity index (χ1n) is 4.41. The fourth-order valence-corrected chi connectivity index (χ4v) is 1.74. The Kier molecular flexibility index (Phi) is 1.92. The van der Waals surface area contributed by atoms with E-state index in [9.17, 15) is 9.59 Å². The van der Waals surface area contributed by atoms with Crippen LogP contribution in [0.15, 0.2) is 12.2 Å². The number of allylic oxidation sites excluding steroid dienone is 1. The molecule has 0 aromatic rings. The van der Waals surface area contributed by atoms with Gasteiger partial charge < -0.3 is 0 Å². The molecule has 2 unspecified atom stereocenters. The lowest BCUT2D eigenvalue weighted by Gasteiger charge is -2.30. The van der Waals surface area contributed by atoms with E-state index in [0.717, 1.165) is 0 Å². The van der Waals surface area contributed by atoms with Gasteiger partial charge in [-0.3, -0.25) is 14.4 Å². The number of hydroxylamine groups is 2. The molecule has 0 aromatic heterocycles. The molecule has 2 rings (SSSR count). The van der Waals surface area contributed by atoms with Crippen LogP contribution in [0.1, 0.15) is 13.3 Å². The number of hydrogen-bond acceptors (Lipinski definition) is 3. The third kappa shape index (κ3) is 1.18. The number of rotatable bonds is 2. The number of hydrogen-bond donors (Lipinski definition) is 0. The first-order valence-corrected chi connectivity index (χ1v) is 4.41. The molecule has 2 atom stereocenters. The van der Waals surface area contributed by atoms with E-state index in [1.165, 1.54) is 5.06 Å². The summed E-state index contributed by atoms with van der Waals surface area (Å²) in [4.78, 5) is 28.0. The second kappa shape index (κ2) is 2.96. The van der Waals surface area contributed by atoms with E-state index in [-0.39, 0.29) is 24.0 Å². The molecule has 4 nitrogen and oxygen atoms in total. The van der Waals surface area contributed by atoms with E-state index in [0.29, 0.717) is 6.61 Å². The lowest BCUT2D eigenvalue weighted by atomic mass is 9.98. The standard InChI is InChI=1S/C9H11NO3/c1-2-13-10-7-4-3-6(9(7)12)5-8(10)11/h3-4,6-7H,2,5H2,1H3. The number of amides is 1. The first-order chi connectivity index (χ1) is 6.24. The fraction of sp³-hybridized carbons (Fsp3) is 0.556. The highest BCUT2D eigenvalue weighted by atomic mass is 16.7. The maximum atomic E-state index is 11.5. The molecule has 1 amide bonds. The molecule has 0 aromatic carbocycles. The van der Waals surface area contributed by atoms with E-state index in [2.05, 4.69) is 0 Å². The Morgan fingerprint density at radius 3 is 3.00 bits per heavy atom. The van der Waals surface area contributed by atoms with Crippen LogP contribution in [0.5, 0.6) is 0 Å². The van der Waals surface area contributed by atoms with Gasteiger partial charge in [0.15, 0.2) is 5.78 Å². The third-order valence-electron chi connectivity index (χ3n) is 2.34. The maximum absolute atomic E-state index is 11.5. The molecular weight excluding hydrogens is 170 g/mol. The van der Waals surface area contributed by atoms with Gasteiger partial charge in [0.25, 0.3) is 0 Å². The summed E-state index contributed by atoms with van der Waals surface area (Å²) >= 11 is 0. The largest absolute Gasteiger partial charge is 0.296 e. The van der Waals surface area contributed by atoms with Crippen LogP contribution in [-0.2, 0) is 14.4 Å². The summed E-state index contributed by atoms with van der Waals surface area (Å²) in [5.41, 5.74) is 0. The van der Waals surface area contributed by atoms with E-state index >= 15 is 0 Å². The molecule has 70 valence electrons. The number of ketones is 1. The monoisotopic (exact) mass is 181 g/mol. The highest BCUT2D eigenvalue weighted by Crippen LogP contribution is 2.28. The molecule has 1 saturated heterocycles. The summed E-state index contributed by atoms with van der Waals surface area (Å²) < 4.78 is 0. The molecule has 0 radical (unpaired) electrons. The molecule has 0 spiro atoms. The quantitative estimate of drug-likeness (QED) is 0.575. The van der Waals surface area contributed by atoms with Gasteiger partial charge in [-0.05, 0) is 6.92 Å². The summed E-state index contributed by atoms with van der Waals surface area (Å²) in [5, 5.41) is 1.20. The summed E-state index contributed by atoms with van der Waals surface area (Å²) in [6.45, 7) is 2.20. The molecule has 1 aliphatic heterocycles. The zero-order chi connectivity index (χ0) is 9.42. The third-order valence-corrected chi connectivity index (χ3v) is 2.34. The molecule has 0 saturated carbocycles. The molecule has 2 bridgehead atoms. The number of carbonyl (C=O) groups excluding carboxylic acids is 2. The van der Waals surface area contributed by atoms with Crippen molar-refractivity contribution in [3.63, 3.8) is 0 Å². The normalized spacial score (nSPS) is 31.6. The zero-order valence-corrected chi connectivity index (χ0v) is 7.40. The van der Waals surface area contributed by atoms with E-state index in [4.69, 9.17) is 4.84 Å². The molecule has 4 heteroatoms. The van der Waals surface area contributed by atoms with E-state index < -0.39 is 6.04 Å². The Bertz CT molecular complexity index is 285. The van der Waals surface area contributed by atoms with Crippen molar-refractivity contribution in [1.82, 2.24) is 5.06 Å². The Labute approximate surface area is 76.1 Å². The van der Waals surface area contributed by atoms with Gasteiger partial charge in [0.05, 0.1) is 6.61 Å². The van der Waals surface area contributed by atoms with Crippen molar-refractivity contribution in [3.8, 4) is 0 Å². The predicted octanol–water partition coefficient (Wildman–Crippen LogP) is 0.294. The van der Waals surface area contributed by atoms with Gasteiger partial charge in [0, 0.05) is 12.3 Å². The minimum atomic E-state index is -0.466. The van der Waals surface area contributed by atoms with Gasteiger partial charge in [0.2, 0.25) is 5.91 Å². The Hall–Kier alpha value is -1.16. The van der Waals surface area contributed by atoms with Crippen molar-refractivity contribution in [3.05, 3.63) is 12.2 Å². The molecule has 1 heterocycles. The Morgan fingerprint density at radius 1 is 1.54 bits per heavy atom. The van der Waals surface area contributed by atoms with E-state index in [1.807, 2.05) is 0 Å². The van der Waals surface area contributed by atoms with Gasteiger partial charge in [-0.1, -0.05) is 12.2 Å². The Balaban J connectivity index is 2.21. The second-order valence-electron chi connectivity index (χ2n) is 3.18. The van der Waals surface area contributed by atoms with Crippen LogP contribution in [0.25, 0.3) is 0 Å². The van der Waals surface area contributed by atoms with Gasteiger partial charge in [-0.2, -0.15) is 0 Å². The van der Waals surface area contributed by atoms with Crippen molar-refractivity contribution >= 4 is 11.7 Å². The van der Waals surface area contributed by atoms with E-state index in [1.54, 1.807) is 19.1 Å². The molecule has 1 aliphatic carbocycles. The summed E-state index contributed by atoms with van der Waals surface area (Å²) in [7, 11) is 0. The van der Waals surface area contributed by atoms with Crippen LogP contribution in [-0.4, -0.2) is 29.4 Å². The number of Topliss-reactive ketones (excluding diaryl/α,β-unsaturated/α-hetero) is 1.